The van der Waals surface area contributed by atoms with E-state index in [2.05, 4.69) is 15.3 Å². The second-order valence-electron chi connectivity index (χ2n) is 2.08. The van der Waals surface area contributed by atoms with Crippen LogP contribution < -0.4 is 5.32 Å². The van der Waals surface area contributed by atoms with Gasteiger partial charge >= 0.3 is 0 Å². The van der Waals surface area contributed by atoms with Crippen molar-refractivity contribution in [1.82, 2.24) is 9.97 Å². The SMILES string of the molecule is C/C=C/C(=O)Nc1ccncn1. The van der Waals surface area contributed by atoms with Gasteiger partial charge in [-0.25, -0.2) is 9.97 Å². The fraction of sp³-hybridized carbons (Fsp3) is 0.125. The highest BCUT2D eigenvalue weighted by Gasteiger charge is 1.95. The van der Waals surface area contributed by atoms with E-state index in [9.17, 15) is 4.79 Å². The van der Waals surface area contributed by atoms with Crippen LogP contribution in [0, 0.1) is 0 Å². The lowest BCUT2D eigenvalue weighted by molar-refractivity contribution is -0.111. The van der Waals surface area contributed by atoms with Crippen LogP contribution in [0.2, 0.25) is 0 Å². The average Bonchev–Trinajstić information content (AvgIpc) is 2.06. The molecule has 0 spiro atoms. The molecule has 12 heavy (non-hydrogen) atoms. The zero-order valence-corrected chi connectivity index (χ0v) is 6.69. The van der Waals surface area contributed by atoms with E-state index in [0.717, 1.165) is 0 Å². The second kappa shape index (κ2) is 4.23. The van der Waals surface area contributed by atoms with Gasteiger partial charge in [0.2, 0.25) is 5.91 Å². The summed E-state index contributed by atoms with van der Waals surface area (Å²) in [5, 5.41) is 2.57. The minimum absolute atomic E-state index is 0.184. The molecule has 1 rings (SSSR count). The van der Waals surface area contributed by atoms with Crippen molar-refractivity contribution in [2.45, 2.75) is 6.92 Å². The second-order valence-corrected chi connectivity index (χ2v) is 2.08. The van der Waals surface area contributed by atoms with Gasteiger partial charge in [-0.15, -0.1) is 0 Å². The summed E-state index contributed by atoms with van der Waals surface area (Å²) in [6.45, 7) is 1.78. The van der Waals surface area contributed by atoms with E-state index < -0.39 is 0 Å². The number of allylic oxidation sites excluding steroid dienone is 1. The standard InChI is InChI=1S/C8H9N3O/c1-2-3-8(12)11-7-4-5-9-6-10-7/h2-6H,1H3,(H,9,10,11,12)/b3-2+. The Morgan fingerprint density at radius 2 is 2.50 bits per heavy atom. The number of carbonyl (C=O) groups is 1. The molecule has 1 heterocycles. The zero-order valence-electron chi connectivity index (χ0n) is 6.69. The quantitative estimate of drug-likeness (QED) is 0.661. The molecule has 0 saturated heterocycles. The summed E-state index contributed by atoms with van der Waals surface area (Å²) >= 11 is 0. The highest BCUT2D eigenvalue weighted by molar-refractivity contribution is 5.98. The Morgan fingerprint density at radius 3 is 3.08 bits per heavy atom. The van der Waals surface area contributed by atoms with Gasteiger partial charge < -0.3 is 5.32 Å². The molecule has 1 amide bonds. The topological polar surface area (TPSA) is 54.9 Å². The van der Waals surface area contributed by atoms with Crippen LogP contribution in [-0.4, -0.2) is 15.9 Å². The Labute approximate surface area is 70.4 Å². The average molecular weight is 163 g/mol. The molecule has 0 radical (unpaired) electrons. The van der Waals surface area contributed by atoms with E-state index in [4.69, 9.17) is 0 Å². The lowest BCUT2D eigenvalue weighted by Crippen LogP contribution is -2.08. The van der Waals surface area contributed by atoms with Gasteiger partial charge in [-0.3, -0.25) is 4.79 Å². The van der Waals surface area contributed by atoms with Crippen molar-refractivity contribution in [2.24, 2.45) is 0 Å². The van der Waals surface area contributed by atoms with Gasteiger partial charge in [-0.05, 0) is 19.1 Å². The fourth-order valence-electron chi connectivity index (χ4n) is 0.684. The third-order valence-corrected chi connectivity index (χ3v) is 1.15. The first-order valence-corrected chi connectivity index (χ1v) is 3.52. The zero-order chi connectivity index (χ0) is 8.81. The summed E-state index contributed by atoms with van der Waals surface area (Å²) in [4.78, 5) is 18.5. The molecule has 0 saturated carbocycles. The normalized spacial score (nSPS) is 10.1. The van der Waals surface area contributed by atoms with Crippen LogP contribution in [0.25, 0.3) is 0 Å². The molecular formula is C8H9N3O. The van der Waals surface area contributed by atoms with Crippen molar-refractivity contribution < 1.29 is 4.79 Å². The number of aromatic nitrogens is 2. The van der Waals surface area contributed by atoms with Crippen molar-refractivity contribution in [2.75, 3.05) is 5.32 Å². The van der Waals surface area contributed by atoms with Gasteiger partial charge in [0.15, 0.2) is 0 Å². The maximum absolute atomic E-state index is 11.0. The van der Waals surface area contributed by atoms with Crippen LogP contribution in [0.5, 0.6) is 0 Å². The van der Waals surface area contributed by atoms with Gasteiger partial charge in [0.05, 0.1) is 0 Å². The van der Waals surface area contributed by atoms with Gasteiger partial charge in [0, 0.05) is 6.20 Å². The van der Waals surface area contributed by atoms with E-state index in [1.54, 1.807) is 25.3 Å². The summed E-state index contributed by atoms with van der Waals surface area (Å²) in [5.41, 5.74) is 0. The Morgan fingerprint density at radius 1 is 1.67 bits per heavy atom. The third kappa shape index (κ3) is 2.49. The summed E-state index contributed by atoms with van der Waals surface area (Å²) in [6.07, 6.45) is 6.04. The van der Waals surface area contributed by atoms with Crippen molar-refractivity contribution >= 4 is 11.7 Å². The summed E-state index contributed by atoms with van der Waals surface area (Å²) in [6, 6.07) is 1.63. The third-order valence-electron chi connectivity index (χ3n) is 1.15. The van der Waals surface area contributed by atoms with Crippen LogP contribution >= 0.6 is 0 Å². The molecule has 0 atom stereocenters. The minimum Gasteiger partial charge on any atom is -0.307 e. The van der Waals surface area contributed by atoms with Crippen LogP contribution in [0.15, 0.2) is 30.7 Å². The molecule has 0 aliphatic rings. The van der Waals surface area contributed by atoms with Crippen molar-refractivity contribution in [3.05, 3.63) is 30.7 Å². The molecule has 0 bridgehead atoms. The van der Waals surface area contributed by atoms with E-state index in [1.807, 2.05) is 0 Å². The Hall–Kier alpha value is -1.71. The number of nitrogens with zero attached hydrogens (tertiary/aromatic N) is 2. The molecule has 1 N–H and O–H groups in total. The number of nitrogens with one attached hydrogen (secondary N) is 1. The number of rotatable bonds is 2. The van der Waals surface area contributed by atoms with Gasteiger partial charge in [0.1, 0.15) is 12.1 Å². The Bertz CT molecular complexity index is 282. The van der Waals surface area contributed by atoms with Crippen LogP contribution in [0.3, 0.4) is 0 Å². The van der Waals surface area contributed by atoms with E-state index in [1.165, 1.54) is 12.4 Å². The van der Waals surface area contributed by atoms with E-state index in [-0.39, 0.29) is 5.91 Å². The Kier molecular flexibility index (Phi) is 2.95. The number of anilines is 1. The molecule has 0 unspecified atom stereocenters. The molecule has 0 aliphatic carbocycles. The first kappa shape index (κ1) is 8.39. The predicted octanol–water partition coefficient (Wildman–Crippen LogP) is 0.991. The summed E-state index contributed by atoms with van der Waals surface area (Å²) in [7, 11) is 0. The van der Waals surface area contributed by atoms with Gasteiger partial charge in [-0.2, -0.15) is 0 Å². The number of hydrogen-bond acceptors (Lipinski definition) is 3. The van der Waals surface area contributed by atoms with Crippen LogP contribution in [0.4, 0.5) is 5.82 Å². The molecular weight excluding hydrogens is 154 g/mol. The molecule has 1 aromatic heterocycles. The number of amides is 1. The molecule has 0 fully saturated rings. The summed E-state index contributed by atoms with van der Waals surface area (Å²) < 4.78 is 0. The molecule has 0 aromatic carbocycles. The van der Waals surface area contributed by atoms with Gasteiger partial charge in [0.25, 0.3) is 0 Å². The van der Waals surface area contributed by atoms with Crippen molar-refractivity contribution in [3.63, 3.8) is 0 Å². The minimum atomic E-state index is -0.184. The first-order valence-electron chi connectivity index (χ1n) is 3.52. The number of hydrogen-bond donors (Lipinski definition) is 1. The molecule has 62 valence electrons. The lowest BCUT2D eigenvalue weighted by atomic mass is 10.5. The molecule has 0 aliphatic heterocycles. The van der Waals surface area contributed by atoms with Crippen molar-refractivity contribution in [3.8, 4) is 0 Å². The molecule has 4 heteroatoms. The smallest absolute Gasteiger partial charge is 0.249 e. The fourth-order valence-corrected chi connectivity index (χ4v) is 0.684. The van der Waals surface area contributed by atoms with E-state index in [0.29, 0.717) is 5.82 Å². The maximum Gasteiger partial charge on any atom is 0.249 e. The molecule has 4 nitrogen and oxygen atoms in total. The van der Waals surface area contributed by atoms with Crippen LogP contribution in [0.1, 0.15) is 6.92 Å². The monoisotopic (exact) mass is 163 g/mol. The largest absolute Gasteiger partial charge is 0.307 e. The number of carbonyl (C=O) groups excluding carboxylic acids is 1. The van der Waals surface area contributed by atoms with Gasteiger partial charge in [-0.1, -0.05) is 6.08 Å². The molecule has 1 aromatic rings. The Balaban J connectivity index is 2.59. The maximum atomic E-state index is 11.0. The van der Waals surface area contributed by atoms with Crippen LogP contribution in [-0.2, 0) is 4.79 Å². The highest BCUT2D eigenvalue weighted by atomic mass is 16.1. The van der Waals surface area contributed by atoms with E-state index >= 15 is 0 Å². The summed E-state index contributed by atoms with van der Waals surface area (Å²) in [5.74, 6) is 0.323. The van der Waals surface area contributed by atoms with Crippen molar-refractivity contribution in [1.29, 1.82) is 0 Å². The first-order chi connectivity index (χ1) is 5.83. The highest BCUT2D eigenvalue weighted by Crippen LogP contribution is 1.97. The predicted molar refractivity (Wildman–Crippen MR) is 45.5 cm³/mol. The lowest BCUT2D eigenvalue weighted by Gasteiger charge is -1.97.